The number of nitrogens with two attached hydrogens (primary N) is 1. The van der Waals surface area contributed by atoms with Crippen LogP contribution in [0.1, 0.15) is 53.9 Å². The topological polar surface area (TPSA) is 188 Å². The van der Waals surface area contributed by atoms with Crippen molar-refractivity contribution in [2.24, 2.45) is 17.6 Å². The van der Waals surface area contributed by atoms with Gasteiger partial charge in [0.25, 0.3) is 0 Å². The lowest BCUT2D eigenvalue weighted by molar-refractivity contribution is -0.143. The maximum Gasteiger partial charge on any atom is 0.326 e. The van der Waals surface area contributed by atoms with Crippen LogP contribution in [0.4, 0.5) is 0 Å². The normalized spacial score (nSPS) is 15.1. The molecule has 0 heterocycles. The van der Waals surface area contributed by atoms with E-state index in [1.54, 1.807) is 13.8 Å². The molecule has 7 N–H and O–H groups in total. The Labute approximate surface area is 176 Å². The van der Waals surface area contributed by atoms with Crippen LogP contribution in [0.25, 0.3) is 0 Å². The highest BCUT2D eigenvalue weighted by atomic mass is 16.4. The van der Waals surface area contributed by atoms with Gasteiger partial charge in [0.15, 0.2) is 0 Å². The number of aliphatic carboxylic acids is 2. The van der Waals surface area contributed by atoms with Crippen molar-refractivity contribution in [2.75, 3.05) is 0 Å². The van der Waals surface area contributed by atoms with Crippen molar-refractivity contribution >= 4 is 29.7 Å². The summed E-state index contributed by atoms with van der Waals surface area (Å²) in [5.74, 6) is -4.79. The molecule has 0 aromatic carbocycles. The molecule has 0 aromatic heterocycles. The molecule has 0 saturated heterocycles. The Morgan fingerprint density at radius 2 is 1.33 bits per heavy atom. The Balaban J connectivity index is 5.38. The highest BCUT2D eigenvalue weighted by Gasteiger charge is 2.32. The zero-order chi connectivity index (χ0) is 23.6. The molecule has 0 aliphatic rings. The van der Waals surface area contributed by atoms with Crippen LogP contribution in [-0.4, -0.2) is 64.0 Å². The average molecular weight is 431 g/mol. The molecule has 3 amide bonds. The van der Waals surface area contributed by atoms with Crippen molar-refractivity contribution in [3.05, 3.63) is 0 Å². The van der Waals surface area contributed by atoms with E-state index in [1.807, 2.05) is 13.8 Å². The van der Waals surface area contributed by atoms with Crippen LogP contribution >= 0.6 is 0 Å². The molecule has 0 aliphatic heterocycles. The minimum Gasteiger partial charge on any atom is -0.481 e. The predicted molar refractivity (Wildman–Crippen MR) is 108 cm³/mol. The van der Waals surface area contributed by atoms with Crippen molar-refractivity contribution in [3.63, 3.8) is 0 Å². The summed E-state index contributed by atoms with van der Waals surface area (Å²) >= 11 is 0. The summed E-state index contributed by atoms with van der Waals surface area (Å²) in [4.78, 5) is 59.5. The van der Waals surface area contributed by atoms with Crippen LogP contribution in [0.5, 0.6) is 0 Å². The fourth-order valence-electron chi connectivity index (χ4n) is 2.58. The molecule has 0 bridgehead atoms. The average Bonchev–Trinajstić information content (AvgIpc) is 2.60. The van der Waals surface area contributed by atoms with Crippen molar-refractivity contribution in [3.8, 4) is 0 Å². The molecule has 30 heavy (non-hydrogen) atoms. The first-order valence-electron chi connectivity index (χ1n) is 9.87. The van der Waals surface area contributed by atoms with Gasteiger partial charge in [-0.05, 0) is 31.6 Å². The van der Waals surface area contributed by atoms with Gasteiger partial charge in [0.1, 0.15) is 18.1 Å². The highest BCUT2D eigenvalue weighted by molar-refractivity contribution is 5.94. The molecule has 4 unspecified atom stereocenters. The number of carboxylic acids is 2. The van der Waals surface area contributed by atoms with Gasteiger partial charge in [-0.15, -0.1) is 0 Å². The molecule has 0 saturated carbocycles. The zero-order valence-corrected chi connectivity index (χ0v) is 18.1. The minimum atomic E-state index is -1.21. The van der Waals surface area contributed by atoms with E-state index < -0.39 is 59.7 Å². The second-order valence-corrected chi connectivity index (χ2v) is 8.04. The van der Waals surface area contributed by atoms with Gasteiger partial charge in [0.2, 0.25) is 17.7 Å². The van der Waals surface area contributed by atoms with Crippen LogP contribution in [-0.2, 0) is 24.0 Å². The first-order valence-corrected chi connectivity index (χ1v) is 9.87. The largest absolute Gasteiger partial charge is 0.481 e. The SMILES string of the molecule is CC(C)CC(NC(=O)C(NC(=O)C(CCC(=O)O)NC(=O)C(C)N)C(C)C)C(=O)O. The molecule has 0 aromatic rings. The standard InChI is InChI=1S/C19H34N4O7/c1-9(2)8-13(19(29)30)22-18(28)15(10(3)4)23-17(27)12(6-7-14(24)25)21-16(26)11(5)20/h9-13,15H,6-8,20H2,1-5H3,(H,21,26)(H,22,28)(H,23,27)(H,24,25)(H,29,30). The van der Waals surface area contributed by atoms with E-state index in [2.05, 4.69) is 16.0 Å². The van der Waals surface area contributed by atoms with E-state index in [1.165, 1.54) is 6.92 Å². The van der Waals surface area contributed by atoms with Crippen LogP contribution in [0.2, 0.25) is 0 Å². The maximum absolute atomic E-state index is 12.7. The quantitative estimate of drug-likeness (QED) is 0.224. The van der Waals surface area contributed by atoms with Crippen LogP contribution in [0.3, 0.4) is 0 Å². The zero-order valence-electron chi connectivity index (χ0n) is 18.1. The lowest BCUT2D eigenvalue weighted by Crippen LogP contribution is -2.58. The van der Waals surface area contributed by atoms with E-state index in [9.17, 15) is 29.1 Å². The van der Waals surface area contributed by atoms with E-state index in [-0.39, 0.29) is 25.2 Å². The summed E-state index contributed by atoms with van der Waals surface area (Å²) in [5.41, 5.74) is 5.48. The van der Waals surface area contributed by atoms with Gasteiger partial charge in [-0.1, -0.05) is 27.7 Å². The van der Waals surface area contributed by atoms with E-state index in [0.717, 1.165) is 0 Å². The highest BCUT2D eigenvalue weighted by Crippen LogP contribution is 2.09. The number of nitrogens with one attached hydrogen (secondary N) is 3. The molecule has 0 fully saturated rings. The molecule has 0 spiro atoms. The monoisotopic (exact) mass is 430 g/mol. The third-order valence-electron chi connectivity index (χ3n) is 4.26. The van der Waals surface area contributed by atoms with Gasteiger partial charge in [0, 0.05) is 6.42 Å². The number of rotatable bonds is 13. The number of amides is 3. The van der Waals surface area contributed by atoms with Crippen LogP contribution in [0, 0.1) is 11.8 Å². The number of carbonyl (C=O) groups excluding carboxylic acids is 3. The van der Waals surface area contributed by atoms with E-state index in [4.69, 9.17) is 10.8 Å². The second kappa shape index (κ2) is 12.8. The smallest absolute Gasteiger partial charge is 0.326 e. The molecule has 0 radical (unpaired) electrons. The minimum absolute atomic E-state index is 0.0207. The number of hydrogen-bond donors (Lipinski definition) is 6. The molecule has 11 heteroatoms. The summed E-state index contributed by atoms with van der Waals surface area (Å²) in [7, 11) is 0. The fourth-order valence-corrected chi connectivity index (χ4v) is 2.58. The predicted octanol–water partition coefficient (Wildman–Crippen LogP) is -0.560. The molecule has 0 aliphatic carbocycles. The van der Waals surface area contributed by atoms with Crippen LogP contribution in [0.15, 0.2) is 0 Å². The summed E-state index contributed by atoms with van der Waals surface area (Å²) in [5, 5.41) is 25.5. The summed E-state index contributed by atoms with van der Waals surface area (Å²) in [6.45, 7) is 8.37. The lowest BCUT2D eigenvalue weighted by atomic mass is 9.99. The molecule has 11 nitrogen and oxygen atoms in total. The van der Waals surface area contributed by atoms with Crippen molar-refractivity contribution in [1.29, 1.82) is 0 Å². The first kappa shape index (κ1) is 27.3. The summed E-state index contributed by atoms with van der Waals surface area (Å²) in [6, 6.07) is -4.32. The van der Waals surface area contributed by atoms with Gasteiger partial charge in [-0.2, -0.15) is 0 Å². The van der Waals surface area contributed by atoms with Crippen molar-refractivity contribution in [1.82, 2.24) is 16.0 Å². The number of carbonyl (C=O) groups is 5. The first-order chi connectivity index (χ1) is 13.8. The summed E-state index contributed by atoms with van der Waals surface area (Å²) < 4.78 is 0. The van der Waals surface area contributed by atoms with Crippen molar-refractivity contribution < 1.29 is 34.2 Å². The molecule has 0 rings (SSSR count). The van der Waals surface area contributed by atoms with E-state index >= 15 is 0 Å². The Bertz CT molecular complexity index is 634. The molecular formula is C19H34N4O7. The summed E-state index contributed by atoms with van der Waals surface area (Å²) in [6.07, 6.45) is -0.367. The molecule has 4 atom stereocenters. The fraction of sp³-hybridized carbons (Fsp3) is 0.737. The van der Waals surface area contributed by atoms with Crippen molar-refractivity contribution in [2.45, 2.75) is 78.0 Å². The maximum atomic E-state index is 12.7. The van der Waals surface area contributed by atoms with E-state index in [0.29, 0.717) is 0 Å². The Morgan fingerprint density at radius 3 is 1.73 bits per heavy atom. The van der Waals surface area contributed by atoms with Crippen LogP contribution < -0.4 is 21.7 Å². The Hall–Kier alpha value is -2.69. The molecular weight excluding hydrogens is 396 g/mol. The van der Waals surface area contributed by atoms with Gasteiger partial charge in [-0.25, -0.2) is 4.79 Å². The van der Waals surface area contributed by atoms with Gasteiger partial charge < -0.3 is 31.9 Å². The second-order valence-electron chi connectivity index (χ2n) is 8.04. The molecule has 172 valence electrons. The Kier molecular flexibility index (Phi) is 11.6. The third kappa shape index (κ3) is 10.2. The lowest BCUT2D eigenvalue weighted by Gasteiger charge is -2.27. The number of carboxylic acid groups (broad SMARTS) is 2. The van der Waals surface area contributed by atoms with Gasteiger partial charge >= 0.3 is 11.9 Å². The van der Waals surface area contributed by atoms with Gasteiger partial charge in [0.05, 0.1) is 6.04 Å². The third-order valence-corrected chi connectivity index (χ3v) is 4.26. The number of hydrogen-bond acceptors (Lipinski definition) is 6. The van der Waals surface area contributed by atoms with Gasteiger partial charge in [-0.3, -0.25) is 19.2 Å². The Morgan fingerprint density at radius 1 is 0.800 bits per heavy atom.